The van der Waals surface area contributed by atoms with Gasteiger partial charge in [-0.25, -0.2) is 0 Å². The van der Waals surface area contributed by atoms with Gasteiger partial charge in [-0.15, -0.1) is 5.10 Å². The molecule has 1 aliphatic rings. The molecule has 1 saturated heterocycles. The summed E-state index contributed by atoms with van der Waals surface area (Å²) in [5, 5.41) is 18.0. The molecule has 0 radical (unpaired) electrons. The number of nitrogens with one attached hydrogen (secondary N) is 2. The molecule has 0 aliphatic carbocycles. The number of rotatable bonds is 3. The van der Waals surface area contributed by atoms with Crippen LogP contribution < -0.4 is 10.6 Å². The molecular formula is C9H13N7O. The second kappa shape index (κ2) is 4.22. The highest BCUT2D eigenvalue weighted by molar-refractivity contribution is 5.44. The van der Waals surface area contributed by atoms with Crippen molar-refractivity contribution in [3.8, 4) is 0 Å². The molecule has 1 fully saturated rings. The number of hydrogen-bond acceptors (Lipinski definition) is 7. The molecule has 2 aromatic rings. The van der Waals surface area contributed by atoms with Crippen LogP contribution in [0.1, 0.15) is 0 Å². The first-order valence-electron chi connectivity index (χ1n) is 5.40. The van der Waals surface area contributed by atoms with E-state index in [0.29, 0.717) is 5.65 Å². The Bertz CT molecular complexity index is 513. The highest BCUT2D eigenvalue weighted by Gasteiger charge is 2.27. The molecule has 2 aromatic heterocycles. The first kappa shape index (κ1) is 10.4. The Hall–Kier alpha value is -1.80. The smallest absolute Gasteiger partial charge is 0.199 e. The van der Waals surface area contributed by atoms with Gasteiger partial charge in [-0.3, -0.25) is 4.98 Å². The van der Waals surface area contributed by atoms with E-state index in [1.807, 2.05) is 0 Å². The van der Waals surface area contributed by atoms with Gasteiger partial charge < -0.3 is 15.4 Å². The fourth-order valence-electron chi connectivity index (χ4n) is 2.01. The van der Waals surface area contributed by atoms with Crippen molar-refractivity contribution in [3.05, 3.63) is 12.4 Å². The third kappa shape index (κ3) is 1.81. The van der Waals surface area contributed by atoms with E-state index >= 15 is 0 Å². The predicted octanol–water partition coefficient (Wildman–Crippen LogP) is -1.08. The van der Waals surface area contributed by atoms with E-state index in [-0.39, 0.29) is 12.1 Å². The fourth-order valence-corrected chi connectivity index (χ4v) is 2.01. The van der Waals surface area contributed by atoms with Crippen LogP contribution in [0.2, 0.25) is 0 Å². The number of nitrogens with zero attached hydrogens (tertiary/aromatic N) is 5. The Balaban J connectivity index is 1.87. The molecule has 3 rings (SSSR count). The van der Waals surface area contributed by atoms with Gasteiger partial charge in [0, 0.05) is 20.2 Å². The average molecular weight is 235 g/mol. The van der Waals surface area contributed by atoms with Crippen LogP contribution in [-0.2, 0) is 4.74 Å². The van der Waals surface area contributed by atoms with Crippen molar-refractivity contribution >= 4 is 11.5 Å². The topological polar surface area (TPSA) is 89.3 Å². The lowest BCUT2D eigenvalue weighted by molar-refractivity contribution is 0.111. The molecule has 8 nitrogen and oxygen atoms in total. The van der Waals surface area contributed by atoms with Gasteiger partial charge in [-0.05, 0) is 10.4 Å². The minimum Gasteiger partial charge on any atom is -0.378 e. The predicted molar refractivity (Wildman–Crippen MR) is 59.7 cm³/mol. The van der Waals surface area contributed by atoms with Crippen molar-refractivity contribution in [3.63, 3.8) is 0 Å². The van der Waals surface area contributed by atoms with Crippen molar-refractivity contribution in [1.29, 1.82) is 0 Å². The summed E-state index contributed by atoms with van der Waals surface area (Å²) in [6, 6.07) is 0.191. The van der Waals surface area contributed by atoms with Gasteiger partial charge in [-0.1, -0.05) is 0 Å². The van der Waals surface area contributed by atoms with E-state index in [0.717, 1.165) is 18.9 Å². The van der Waals surface area contributed by atoms with Gasteiger partial charge in [0.05, 0.1) is 24.5 Å². The molecule has 0 bridgehead atoms. The molecule has 2 N–H and O–H groups in total. The zero-order valence-electron chi connectivity index (χ0n) is 9.37. The van der Waals surface area contributed by atoms with Crippen LogP contribution in [0.25, 0.3) is 5.65 Å². The van der Waals surface area contributed by atoms with Gasteiger partial charge in [-0.2, -0.15) is 4.52 Å². The summed E-state index contributed by atoms with van der Waals surface area (Å²) in [6.45, 7) is 1.68. The molecule has 0 spiro atoms. The second-order valence-corrected chi connectivity index (χ2v) is 3.92. The molecule has 8 heteroatoms. The summed E-state index contributed by atoms with van der Waals surface area (Å²) in [6.07, 6.45) is 3.46. The van der Waals surface area contributed by atoms with Crippen LogP contribution in [0.3, 0.4) is 0 Å². The molecule has 3 heterocycles. The summed E-state index contributed by atoms with van der Waals surface area (Å²) in [4.78, 5) is 4.09. The van der Waals surface area contributed by atoms with Gasteiger partial charge in [0.2, 0.25) is 0 Å². The molecular weight excluding hydrogens is 222 g/mol. The van der Waals surface area contributed by atoms with Crippen molar-refractivity contribution in [2.24, 2.45) is 0 Å². The highest BCUT2D eigenvalue weighted by atomic mass is 16.5. The van der Waals surface area contributed by atoms with Crippen molar-refractivity contribution in [2.45, 2.75) is 12.1 Å². The summed E-state index contributed by atoms with van der Waals surface area (Å²) < 4.78 is 7.01. The van der Waals surface area contributed by atoms with E-state index in [4.69, 9.17) is 4.74 Å². The van der Waals surface area contributed by atoms with E-state index < -0.39 is 0 Å². The zero-order chi connectivity index (χ0) is 11.7. The number of aromatic nitrogens is 5. The lowest BCUT2D eigenvalue weighted by Gasteiger charge is -2.19. The average Bonchev–Trinajstić information content (AvgIpc) is 2.97. The zero-order valence-corrected chi connectivity index (χ0v) is 9.37. The number of ether oxygens (including phenoxy) is 1. The third-order valence-corrected chi connectivity index (χ3v) is 2.90. The quantitative estimate of drug-likeness (QED) is 0.699. The van der Waals surface area contributed by atoms with Crippen LogP contribution in [0.5, 0.6) is 0 Å². The van der Waals surface area contributed by atoms with Crippen molar-refractivity contribution in [1.82, 2.24) is 30.3 Å². The monoisotopic (exact) mass is 235 g/mol. The minimum atomic E-state index is 0.140. The summed E-state index contributed by atoms with van der Waals surface area (Å²) in [7, 11) is 1.71. The molecule has 2 atom stereocenters. The van der Waals surface area contributed by atoms with Crippen molar-refractivity contribution < 1.29 is 4.74 Å². The molecule has 1 aliphatic heterocycles. The van der Waals surface area contributed by atoms with Gasteiger partial charge in [0.25, 0.3) is 0 Å². The number of tetrazole rings is 1. The van der Waals surface area contributed by atoms with Crippen LogP contribution in [0.4, 0.5) is 5.82 Å². The standard InChI is InChI=1S/C9H13N7O/c1-17-7-3-10-2-6(7)12-8-4-11-5-9-13-14-15-16(8)9/h4-7,10,12H,2-3H2,1H3/t6?,7-/m0/s1. The van der Waals surface area contributed by atoms with Gasteiger partial charge >= 0.3 is 0 Å². The first-order chi connectivity index (χ1) is 8.38. The Morgan fingerprint density at radius 1 is 1.47 bits per heavy atom. The number of hydrogen-bond donors (Lipinski definition) is 2. The number of fused-ring (bicyclic) bond motifs is 1. The summed E-state index contributed by atoms with van der Waals surface area (Å²) >= 11 is 0. The highest BCUT2D eigenvalue weighted by Crippen LogP contribution is 2.12. The SMILES string of the molecule is CO[C@H]1CNCC1Nc1cncc2nnnn12. The maximum atomic E-state index is 5.38. The van der Waals surface area contributed by atoms with Crippen LogP contribution >= 0.6 is 0 Å². The van der Waals surface area contributed by atoms with E-state index in [9.17, 15) is 0 Å². The second-order valence-electron chi connectivity index (χ2n) is 3.92. The maximum Gasteiger partial charge on any atom is 0.199 e. The maximum absolute atomic E-state index is 5.38. The fraction of sp³-hybridized carbons (Fsp3) is 0.556. The lowest BCUT2D eigenvalue weighted by atomic mass is 10.2. The van der Waals surface area contributed by atoms with Crippen molar-refractivity contribution in [2.75, 3.05) is 25.5 Å². The molecule has 1 unspecified atom stereocenters. The molecule has 17 heavy (non-hydrogen) atoms. The Labute approximate surface area is 97.4 Å². The summed E-state index contributed by atoms with van der Waals surface area (Å²) in [5.74, 6) is 0.767. The minimum absolute atomic E-state index is 0.140. The molecule has 0 aromatic carbocycles. The summed E-state index contributed by atoms with van der Waals surface area (Å²) in [5.41, 5.74) is 0.620. The Morgan fingerprint density at radius 3 is 3.29 bits per heavy atom. The number of methoxy groups -OCH3 is 1. The Morgan fingerprint density at radius 2 is 2.41 bits per heavy atom. The number of anilines is 1. The third-order valence-electron chi connectivity index (χ3n) is 2.90. The van der Waals surface area contributed by atoms with E-state index in [1.54, 1.807) is 24.0 Å². The van der Waals surface area contributed by atoms with Crippen LogP contribution in [-0.4, -0.2) is 57.4 Å². The largest absolute Gasteiger partial charge is 0.378 e. The first-order valence-corrected chi connectivity index (χ1v) is 5.40. The van der Waals surface area contributed by atoms with Crippen LogP contribution in [0, 0.1) is 0 Å². The molecule has 90 valence electrons. The molecule has 0 amide bonds. The van der Waals surface area contributed by atoms with E-state index in [2.05, 4.69) is 31.1 Å². The normalized spacial score (nSPS) is 24.3. The van der Waals surface area contributed by atoms with E-state index in [1.165, 1.54) is 0 Å². The van der Waals surface area contributed by atoms with Gasteiger partial charge in [0.1, 0.15) is 0 Å². The van der Waals surface area contributed by atoms with Crippen LogP contribution in [0.15, 0.2) is 12.4 Å². The molecule has 0 saturated carbocycles. The van der Waals surface area contributed by atoms with Gasteiger partial charge in [0.15, 0.2) is 11.5 Å². The Kier molecular flexibility index (Phi) is 2.57. The lowest BCUT2D eigenvalue weighted by Crippen LogP contribution is -2.34.